The van der Waals surface area contributed by atoms with Crippen LogP contribution in [-0.4, -0.2) is 158 Å². The van der Waals surface area contributed by atoms with Crippen molar-refractivity contribution in [3.8, 4) is 5.75 Å². The van der Waals surface area contributed by atoms with Crippen molar-refractivity contribution in [2.24, 2.45) is 14.1 Å². The van der Waals surface area contributed by atoms with Gasteiger partial charge in [-0.25, -0.2) is 4.79 Å². The van der Waals surface area contributed by atoms with Gasteiger partial charge in [0, 0.05) is 18.7 Å². The van der Waals surface area contributed by atoms with E-state index in [2.05, 4.69) is 33.1 Å². The Morgan fingerprint density at radius 2 is 1.35 bits per heavy atom. The van der Waals surface area contributed by atoms with E-state index in [1.54, 1.807) is 34.8 Å². The normalized spacial score (nSPS) is 17.7. The van der Waals surface area contributed by atoms with E-state index in [0.29, 0.717) is 34.4 Å². The molecule has 1 saturated heterocycles. The van der Waals surface area contributed by atoms with E-state index in [0.717, 1.165) is 73.1 Å². The van der Waals surface area contributed by atoms with Crippen LogP contribution in [0, 0.1) is 0 Å². The van der Waals surface area contributed by atoms with E-state index in [1.165, 1.54) is 12.3 Å². The molecule has 7 aromatic rings. The number of hydrogen-bond acceptors (Lipinski definition) is 16. The van der Waals surface area contributed by atoms with Gasteiger partial charge in [0.25, 0.3) is 13.4 Å². The van der Waals surface area contributed by atoms with Gasteiger partial charge in [-0.1, -0.05) is 0 Å². The molecule has 496 valence electrons. The summed E-state index contributed by atoms with van der Waals surface area (Å²) in [6, 6.07) is 27.3. The first-order chi connectivity index (χ1) is 45.0. The van der Waals surface area contributed by atoms with E-state index >= 15 is 0 Å². The van der Waals surface area contributed by atoms with Gasteiger partial charge in [0.15, 0.2) is 0 Å². The van der Waals surface area contributed by atoms with Crippen LogP contribution in [-0.2, 0) is 58.2 Å². The molecule has 3 aromatic heterocycles. The summed E-state index contributed by atoms with van der Waals surface area (Å²) < 4.78 is 49.8. The maximum absolute atomic E-state index is 14.2. The number of aromatic nitrogens is 4. The number of anilines is 2. The topological polar surface area (TPSA) is 266 Å². The Hall–Kier alpha value is -7.02. The van der Waals surface area contributed by atoms with Crippen molar-refractivity contribution in [1.29, 1.82) is 0 Å². The number of carbonyl (C=O) groups is 3. The molecule has 0 saturated carbocycles. The number of hydrogen-bond donors (Lipinski definition) is 5. The first-order valence-corrected chi connectivity index (χ1v) is 36.1. The number of aromatic amines is 1. The number of aliphatic hydroxyl groups excluding tert-OH is 1. The van der Waals surface area contributed by atoms with Crippen LogP contribution in [0.4, 0.5) is 11.4 Å². The summed E-state index contributed by atoms with van der Waals surface area (Å²) in [5, 5.41) is 22.4. The number of carbonyl (C=O) groups excluding carboxylic acids is 3. The molecular weight excluding hydrogens is 1400 g/mol. The van der Waals surface area contributed by atoms with Crippen molar-refractivity contribution in [2.45, 2.75) is 71.4 Å². The Kier molecular flexibility index (Phi) is 23.2. The molecule has 0 radical (unpaired) electrons. The van der Waals surface area contributed by atoms with Crippen molar-refractivity contribution in [2.75, 3.05) is 75.9 Å². The van der Waals surface area contributed by atoms with Gasteiger partial charge in [0.05, 0.1) is 30.5 Å². The van der Waals surface area contributed by atoms with Crippen LogP contribution in [0.5, 0.6) is 5.75 Å². The van der Waals surface area contributed by atoms with Gasteiger partial charge in [0.1, 0.15) is 12.3 Å². The molecular formula is C66H74Cl2N10O13PSe2+. The second-order valence-corrected chi connectivity index (χ2v) is 29.8. The molecule has 4 unspecified atom stereocenters. The molecule has 28 heteroatoms. The number of phosphoric acid groups is 1. The molecule has 4 atom stereocenters. The van der Waals surface area contributed by atoms with Crippen molar-refractivity contribution >= 4 is 139 Å². The van der Waals surface area contributed by atoms with Crippen LogP contribution in [0.3, 0.4) is 0 Å². The summed E-state index contributed by atoms with van der Waals surface area (Å²) in [6.07, 6.45) is 7.63. The number of halogens is 2. The second kappa shape index (κ2) is 31.2. The average molecular weight is 1480 g/mol. The van der Waals surface area contributed by atoms with Crippen LogP contribution in [0.2, 0.25) is 10.0 Å². The zero-order valence-electron chi connectivity index (χ0n) is 52.8. The fourth-order valence-electron chi connectivity index (χ4n) is 11.0. The standard InChI is InChI=1S/C66H73Cl2N10O13PSe2/c1-40(2)88-39-56-55(91-92(85,86)90-41(3)4)34-62(89-56)78-35-45(65(83)72-66(78)84)9-17-59(80)69-20-25-75(26-21-70-60(81)36-76-53-28-42(38-79)8-15-57(53)93-63(76)29-43-18-23-73(5)51-13-10-46(67)31-49(43)51)27-22-71-61(82)37-77-54-33-48(87-7)12-16-58(54)94-64(77)30-44-19-24-74(6)52-14-11-47(68)32-50(44)52/h8-19,23-24,28-33,35,40-41,55-56,62,79H,20-22,25-27,34,36-39H2,1-7H3,(H3-2,69,70,71,72,80,81,82,83,84,85,86)/p+1/b17-9+. The average Bonchev–Trinajstić information content (AvgIpc) is 1.58. The monoisotopic (exact) mass is 1480 g/mol. The Labute approximate surface area is 566 Å². The molecule has 4 aromatic carbocycles. The molecule has 0 bridgehead atoms. The Morgan fingerprint density at radius 1 is 0.787 bits per heavy atom. The third kappa shape index (κ3) is 17.5. The van der Waals surface area contributed by atoms with Gasteiger partial charge < -0.3 is 23.4 Å². The fourth-order valence-corrected chi connectivity index (χ4v) is 17.1. The Morgan fingerprint density at radius 3 is 1.90 bits per heavy atom. The molecule has 10 rings (SSSR count). The number of methoxy groups -OCH3 is 1. The van der Waals surface area contributed by atoms with Crippen LogP contribution < -0.4 is 64.7 Å². The number of amides is 3. The van der Waals surface area contributed by atoms with Crippen molar-refractivity contribution in [3.05, 3.63) is 172 Å². The maximum atomic E-state index is 14.2. The van der Waals surface area contributed by atoms with Gasteiger partial charge in [0.2, 0.25) is 0 Å². The number of rotatable bonds is 27. The summed E-state index contributed by atoms with van der Waals surface area (Å²) in [5.41, 5.74) is 4.61. The third-order valence-corrected chi connectivity index (χ3v) is 22.0. The molecule has 6 heterocycles. The summed E-state index contributed by atoms with van der Waals surface area (Å²) in [7, 11) is 0.749. The van der Waals surface area contributed by atoms with Crippen LogP contribution >= 0.6 is 31.0 Å². The number of ether oxygens (including phenoxy) is 3. The van der Waals surface area contributed by atoms with Gasteiger partial charge in [-0.2, -0.15) is 0 Å². The van der Waals surface area contributed by atoms with Crippen molar-refractivity contribution < 1.29 is 61.3 Å². The summed E-state index contributed by atoms with van der Waals surface area (Å²) in [6.45, 7) is 7.84. The van der Waals surface area contributed by atoms with Crippen molar-refractivity contribution in [3.63, 3.8) is 0 Å². The van der Waals surface area contributed by atoms with E-state index in [9.17, 15) is 38.5 Å². The number of aryl methyl sites for hydroxylation is 2. The number of benzene rings is 4. The molecule has 1 fully saturated rings. The van der Waals surface area contributed by atoms with E-state index in [1.807, 2.05) is 135 Å². The Bertz CT molecular complexity index is 4100. The molecule has 23 nitrogen and oxygen atoms in total. The zero-order valence-corrected chi connectivity index (χ0v) is 58.7. The zero-order chi connectivity index (χ0) is 67.0. The number of aliphatic hydroxyl groups is 1. The van der Waals surface area contributed by atoms with E-state index in [-0.39, 0.29) is 112 Å². The summed E-state index contributed by atoms with van der Waals surface area (Å²) in [5.74, 6) is -0.408. The minimum absolute atomic E-state index is 0.00470. The van der Waals surface area contributed by atoms with Gasteiger partial charge in [-0.3, -0.25) is 23.7 Å². The predicted octanol–water partition coefficient (Wildman–Crippen LogP) is 3.65. The van der Waals surface area contributed by atoms with Crippen LogP contribution in [0.1, 0.15) is 62.6 Å². The SMILES string of the molecule is COc1ccc2c(c1)N(CC(=O)NCCN(CCNC(=O)/C=C/c1cn(C3CC(OP(=O)([O-])OC(C)C)C(COC(C)C)O3)c(=O)[nH]c1=O)CCNC(=O)CN1/C(=C/c3cc[n+](C)c4ccc(Cl)cc34)[Se]c3ccc(CO)cc31)/C(=C/c1cc[n+](C)c3ccc(Cl)cc13)[Se]2. The van der Waals surface area contributed by atoms with Crippen LogP contribution in [0.25, 0.3) is 40.0 Å². The van der Waals surface area contributed by atoms with Crippen LogP contribution in [0.15, 0.2) is 128 Å². The first kappa shape index (κ1) is 69.8. The summed E-state index contributed by atoms with van der Waals surface area (Å²) in [4.78, 5) is 89.3. The number of fused-ring (bicyclic) bond motifs is 4. The number of H-pyrrole nitrogens is 1. The molecule has 94 heavy (non-hydrogen) atoms. The van der Waals surface area contributed by atoms with Gasteiger partial charge in [-0.15, -0.1) is 0 Å². The number of nitrogens with one attached hydrogen (secondary N) is 4. The first-order valence-electron chi connectivity index (χ1n) is 30.5. The predicted molar refractivity (Wildman–Crippen MR) is 361 cm³/mol. The van der Waals surface area contributed by atoms with E-state index < -0.39 is 49.5 Å². The number of pyridine rings is 2. The summed E-state index contributed by atoms with van der Waals surface area (Å²) >= 11 is 12.7. The second-order valence-electron chi connectivity index (χ2n) is 23.1. The van der Waals surface area contributed by atoms with Crippen molar-refractivity contribution in [1.82, 2.24) is 30.4 Å². The molecule has 3 amide bonds. The van der Waals surface area contributed by atoms with E-state index in [4.69, 9.17) is 46.5 Å². The Balaban J connectivity index is 0.834. The molecule has 3 aliphatic heterocycles. The molecule has 3 aliphatic rings. The molecule has 0 aliphatic carbocycles. The number of nitrogens with zero attached hydrogens (tertiary/aromatic N) is 6. The third-order valence-electron chi connectivity index (χ3n) is 15.7. The fraction of sp³-hybridized carbons (Fsp3) is 0.348. The molecule has 0 spiro atoms. The van der Waals surface area contributed by atoms with Gasteiger partial charge in [-0.05, 0) is 33.8 Å². The number of phosphoric ester groups is 1. The molecule has 5 N–H and O–H groups in total. The van der Waals surface area contributed by atoms with Gasteiger partial charge >= 0.3 is 409 Å². The minimum atomic E-state index is -4.80. The quantitative estimate of drug-likeness (QED) is 0.0213.